The van der Waals surface area contributed by atoms with Gasteiger partial charge in [0.2, 0.25) is 0 Å². The maximum Gasteiger partial charge on any atom is 0.261 e. The van der Waals surface area contributed by atoms with Crippen LogP contribution in [0, 0.1) is 0 Å². The highest BCUT2D eigenvalue weighted by Gasteiger charge is 2.39. The SMILES string of the molecule is COc1ccc(C(O)(Cc2ccc3ccccc3n2)C(=O)Nc2ccccc2)cc1. The lowest BCUT2D eigenvalue weighted by Crippen LogP contribution is -2.42. The monoisotopic (exact) mass is 398 g/mol. The van der Waals surface area contributed by atoms with Crippen molar-refractivity contribution in [3.63, 3.8) is 0 Å². The molecule has 1 unspecified atom stereocenters. The number of ether oxygens (including phenoxy) is 1. The van der Waals surface area contributed by atoms with Crippen LogP contribution in [0.3, 0.4) is 0 Å². The van der Waals surface area contributed by atoms with Crippen molar-refractivity contribution in [2.24, 2.45) is 0 Å². The zero-order chi connectivity index (χ0) is 21.0. The Balaban J connectivity index is 1.72. The molecule has 3 aromatic carbocycles. The summed E-state index contributed by atoms with van der Waals surface area (Å²) in [5, 5.41) is 15.4. The van der Waals surface area contributed by atoms with Gasteiger partial charge in [0.25, 0.3) is 5.91 Å². The van der Waals surface area contributed by atoms with E-state index in [0.29, 0.717) is 22.7 Å². The molecule has 1 heterocycles. The highest BCUT2D eigenvalue weighted by Crippen LogP contribution is 2.29. The number of para-hydroxylation sites is 2. The number of anilines is 1. The molecule has 2 N–H and O–H groups in total. The summed E-state index contributed by atoms with van der Waals surface area (Å²) in [6.45, 7) is 0. The minimum absolute atomic E-state index is 0.0306. The van der Waals surface area contributed by atoms with E-state index in [4.69, 9.17) is 4.74 Å². The molecule has 5 nitrogen and oxygen atoms in total. The number of nitrogens with one attached hydrogen (secondary N) is 1. The van der Waals surface area contributed by atoms with Gasteiger partial charge in [-0.05, 0) is 42.0 Å². The third-order valence-corrected chi connectivity index (χ3v) is 5.07. The summed E-state index contributed by atoms with van der Waals surface area (Å²) < 4.78 is 5.21. The van der Waals surface area contributed by atoms with E-state index < -0.39 is 11.5 Å². The molecule has 150 valence electrons. The smallest absolute Gasteiger partial charge is 0.261 e. The third-order valence-electron chi connectivity index (χ3n) is 5.07. The number of carbonyl (C=O) groups excluding carboxylic acids is 1. The van der Waals surface area contributed by atoms with E-state index in [1.807, 2.05) is 54.6 Å². The highest BCUT2D eigenvalue weighted by molar-refractivity contribution is 5.98. The number of methoxy groups -OCH3 is 1. The van der Waals surface area contributed by atoms with Gasteiger partial charge in [0.1, 0.15) is 5.75 Å². The number of hydrogen-bond acceptors (Lipinski definition) is 4. The Morgan fingerprint density at radius 1 is 0.933 bits per heavy atom. The van der Waals surface area contributed by atoms with Crippen LogP contribution in [0.1, 0.15) is 11.3 Å². The Kier molecular flexibility index (Phi) is 5.46. The van der Waals surface area contributed by atoms with Crippen molar-refractivity contribution in [3.05, 3.63) is 102 Å². The zero-order valence-corrected chi connectivity index (χ0v) is 16.6. The van der Waals surface area contributed by atoms with Gasteiger partial charge in [0.05, 0.1) is 12.6 Å². The zero-order valence-electron chi connectivity index (χ0n) is 16.6. The first-order chi connectivity index (χ1) is 14.6. The van der Waals surface area contributed by atoms with Crippen molar-refractivity contribution < 1.29 is 14.6 Å². The van der Waals surface area contributed by atoms with Crippen LogP contribution >= 0.6 is 0 Å². The third kappa shape index (κ3) is 4.02. The van der Waals surface area contributed by atoms with Crippen molar-refractivity contribution in [3.8, 4) is 5.75 Å². The maximum absolute atomic E-state index is 13.2. The molecule has 0 spiro atoms. The summed E-state index contributed by atoms with van der Waals surface area (Å²) in [7, 11) is 1.57. The van der Waals surface area contributed by atoms with Crippen LogP contribution in [0.15, 0.2) is 91.0 Å². The molecule has 0 bridgehead atoms. The molecule has 1 atom stereocenters. The average Bonchev–Trinajstić information content (AvgIpc) is 2.79. The molecule has 0 saturated carbocycles. The number of rotatable bonds is 6. The fourth-order valence-corrected chi connectivity index (χ4v) is 3.40. The van der Waals surface area contributed by atoms with Gasteiger partial charge in [0.15, 0.2) is 5.60 Å². The molecule has 5 heteroatoms. The highest BCUT2D eigenvalue weighted by atomic mass is 16.5. The van der Waals surface area contributed by atoms with E-state index in [0.717, 1.165) is 10.9 Å². The van der Waals surface area contributed by atoms with Crippen molar-refractivity contribution in [2.75, 3.05) is 12.4 Å². The molecule has 4 rings (SSSR count). The normalized spacial score (nSPS) is 12.9. The predicted octanol–water partition coefficient (Wildman–Crippen LogP) is 4.31. The second kappa shape index (κ2) is 8.35. The van der Waals surface area contributed by atoms with E-state index in [1.165, 1.54) is 0 Å². The van der Waals surface area contributed by atoms with Gasteiger partial charge in [-0.25, -0.2) is 0 Å². The van der Waals surface area contributed by atoms with Crippen LogP contribution in [-0.4, -0.2) is 23.1 Å². The molecule has 0 aliphatic heterocycles. The average molecular weight is 398 g/mol. The van der Waals surface area contributed by atoms with Crippen molar-refractivity contribution in [1.82, 2.24) is 4.98 Å². The molecule has 0 saturated heterocycles. The van der Waals surface area contributed by atoms with Gasteiger partial charge < -0.3 is 15.2 Å². The molecular weight excluding hydrogens is 376 g/mol. The number of amides is 1. The quantitative estimate of drug-likeness (QED) is 0.508. The summed E-state index contributed by atoms with van der Waals surface area (Å²) in [4.78, 5) is 17.9. The predicted molar refractivity (Wildman–Crippen MR) is 117 cm³/mol. The van der Waals surface area contributed by atoms with Crippen LogP contribution < -0.4 is 10.1 Å². The number of pyridine rings is 1. The number of fused-ring (bicyclic) bond motifs is 1. The van der Waals surface area contributed by atoms with Crippen molar-refractivity contribution in [2.45, 2.75) is 12.0 Å². The Morgan fingerprint density at radius 2 is 1.63 bits per heavy atom. The second-order valence-corrected chi connectivity index (χ2v) is 7.08. The number of aromatic nitrogens is 1. The molecule has 0 aliphatic rings. The van der Waals surface area contributed by atoms with Gasteiger partial charge in [-0.3, -0.25) is 9.78 Å². The summed E-state index contributed by atoms with van der Waals surface area (Å²) in [6, 6.07) is 27.5. The van der Waals surface area contributed by atoms with E-state index >= 15 is 0 Å². The standard InChI is InChI=1S/C25H22N2O3/c1-30-22-15-12-19(13-16-22)25(29,24(28)27-20-8-3-2-4-9-20)17-21-14-11-18-7-5-6-10-23(18)26-21/h2-16,29H,17H2,1H3,(H,27,28). The molecule has 30 heavy (non-hydrogen) atoms. The minimum atomic E-state index is -1.81. The van der Waals surface area contributed by atoms with Crippen LogP contribution in [-0.2, 0) is 16.8 Å². The number of nitrogens with zero attached hydrogens (tertiary/aromatic N) is 1. The van der Waals surface area contributed by atoms with Gasteiger partial charge in [0, 0.05) is 23.2 Å². The van der Waals surface area contributed by atoms with Gasteiger partial charge in [-0.1, -0.05) is 54.6 Å². The lowest BCUT2D eigenvalue weighted by Gasteiger charge is -2.27. The lowest BCUT2D eigenvalue weighted by atomic mass is 9.87. The first-order valence-corrected chi connectivity index (χ1v) is 9.66. The number of benzene rings is 3. The van der Waals surface area contributed by atoms with E-state index in [-0.39, 0.29) is 6.42 Å². The van der Waals surface area contributed by atoms with Crippen LogP contribution in [0.4, 0.5) is 5.69 Å². The molecule has 0 aliphatic carbocycles. The van der Waals surface area contributed by atoms with E-state index in [9.17, 15) is 9.90 Å². The first-order valence-electron chi connectivity index (χ1n) is 9.66. The van der Waals surface area contributed by atoms with Crippen LogP contribution in [0.2, 0.25) is 0 Å². The molecule has 1 aromatic heterocycles. The number of hydrogen-bond donors (Lipinski definition) is 2. The molecule has 4 aromatic rings. The van der Waals surface area contributed by atoms with Crippen molar-refractivity contribution in [1.29, 1.82) is 0 Å². The summed E-state index contributed by atoms with van der Waals surface area (Å²) in [5.41, 5.74) is 0.704. The summed E-state index contributed by atoms with van der Waals surface area (Å²) in [5.74, 6) is 0.127. The molecular formula is C25H22N2O3. The number of carbonyl (C=O) groups is 1. The maximum atomic E-state index is 13.2. The topological polar surface area (TPSA) is 71.5 Å². The Labute approximate surface area is 175 Å². The van der Waals surface area contributed by atoms with Gasteiger partial charge in [-0.15, -0.1) is 0 Å². The summed E-state index contributed by atoms with van der Waals surface area (Å²) in [6.07, 6.45) is 0.0306. The van der Waals surface area contributed by atoms with Gasteiger partial charge >= 0.3 is 0 Å². The Hall–Kier alpha value is -3.70. The van der Waals surface area contributed by atoms with E-state index in [2.05, 4.69) is 10.3 Å². The largest absolute Gasteiger partial charge is 0.497 e. The second-order valence-electron chi connectivity index (χ2n) is 7.08. The molecule has 1 amide bonds. The van der Waals surface area contributed by atoms with Gasteiger partial charge in [-0.2, -0.15) is 0 Å². The molecule has 0 fully saturated rings. The minimum Gasteiger partial charge on any atom is -0.497 e. The van der Waals surface area contributed by atoms with Crippen LogP contribution in [0.5, 0.6) is 5.75 Å². The van der Waals surface area contributed by atoms with Crippen LogP contribution in [0.25, 0.3) is 10.9 Å². The first kappa shape index (κ1) is 19.6. The Bertz CT molecular complexity index is 1160. The van der Waals surface area contributed by atoms with Crippen molar-refractivity contribution >= 4 is 22.5 Å². The summed E-state index contributed by atoms with van der Waals surface area (Å²) >= 11 is 0. The number of aliphatic hydroxyl groups is 1. The fourth-order valence-electron chi connectivity index (χ4n) is 3.40. The van der Waals surface area contributed by atoms with E-state index in [1.54, 1.807) is 43.5 Å². The molecule has 0 radical (unpaired) electrons. The Morgan fingerprint density at radius 3 is 2.37 bits per heavy atom. The lowest BCUT2D eigenvalue weighted by molar-refractivity contribution is -0.135. The fraction of sp³-hybridized carbons (Fsp3) is 0.120.